The zero-order valence-electron chi connectivity index (χ0n) is 16.4. The third kappa shape index (κ3) is 6.41. The summed E-state index contributed by atoms with van der Waals surface area (Å²) in [7, 11) is 0. The maximum absolute atomic E-state index is 13.6. The molecule has 2 N–H and O–H groups in total. The summed E-state index contributed by atoms with van der Waals surface area (Å²) in [5.41, 5.74) is 1.79. The van der Waals surface area contributed by atoms with Gasteiger partial charge in [-0.05, 0) is 61.7 Å². The Hall–Kier alpha value is -2.18. The van der Waals surface area contributed by atoms with Crippen molar-refractivity contribution < 1.29 is 18.3 Å². The van der Waals surface area contributed by atoms with Crippen LogP contribution in [0.15, 0.2) is 42.5 Å². The van der Waals surface area contributed by atoms with E-state index in [1.165, 1.54) is 6.07 Å². The molecular formula is C22H27ClF2N2O2. The molecule has 1 aliphatic rings. The molecule has 2 aromatic carbocycles. The second-order valence-corrected chi connectivity index (χ2v) is 7.02. The monoisotopic (exact) mass is 424 g/mol. The van der Waals surface area contributed by atoms with Crippen molar-refractivity contribution in [2.45, 2.75) is 38.1 Å². The van der Waals surface area contributed by atoms with E-state index in [-0.39, 0.29) is 30.3 Å². The molecule has 1 amide bonds. The molecule has 1 saturated heterocycles. The van der Waals surface area contributed by atoms with E-state index in [2.05, 4.69) is 10.6 Å². The highest BCUT2D eigenvalue weighted by atomic mass is 35.5. The normalized spacial score (nSPS) is 18.6. The van der Waals surface area contributed by atoms with Gasteiger partial charge in [-0.15, -0.1) is 12.4 Å². The van der Waals surface area contributed by atoms with Gasteiger partial charge in [0.2, 0.25) is 5.91 Å². The van der Waals surface area contributed by atoms with Gasteiger partial charge in [-0.25, -0.2) is 8.78 Å². The lowest BCUT2D eigenvalue weighted by molar-refractivity contribution is -0.122. The summed E-state index contributed by atoms with van der Waals surface area (Å²) in [6.07, 6.45) is 1.76. The van der Waals surface area contributed by atoms with Crippen molar-refractivity contribution in [3.8, 4) is 5.75 Å². The van der Waals surface area contributed by atoms with Crippen LogP contribution < -0.4 is 15.4 Å². The molecule has 29 heavy (non-hydrogen) atoms. The van der Waals surface area contributed by atoms with Crippen LogP contribution in [0.2, 0.25) is 0 Å². The Kier molecular flexibility index (Phi) is 8.86. The first-order chi connectivity index (χ1) is 13.6. The maximum atomic E-state index is 13.6. The second kappa shape index (κ2) is 11.1. The van der Waals surface area contributed by atoms with Crippen LogP contribution in [-0.2, 0) is 11.2 Å². The Bertz CT molecular complexity index is 802. The standard InChI is InChI=1S/C22H26F2N2O2.ClH/c1-2-28-17-7-3-15(4-8-17)5-10-22(27)26-21-14-25-12-11-18(21)16-6-9-19(23)20(24)13-16;/h3-4,6-9,13,18,21,25H,2,5,10-12,14H2,1H3,(H,26,27);1H. The molecule has 0 saturated carbocycles. The molecule has 7 heteroatoms. The predicted octanol–water partition coefficient (Wildman–Crippen LogP) is 3.98. The molecule has 0 radical (unpaired) electrons. The average Bonchev–Trinajstić information content (AvgIpc) is 2.70. The van der Waals surface area contributed by atoms with E-state index < -0.39 is 11.6 Å². The summed E-state index contributed by atoms with van der Waals surface area (Å²) in [5.74, 6) is -0.968. The number of nitrogens with one attached hydrogen (secondary N) is 2. The lowest BCUT2D eigenvalue weighted by atomic mass is 9.86. The van der Waals surface area contributed by atoms with Crippen molar-refractivity contribution in [2.24, 2.45) is 0 Å². The first kappa shape index (κ1) is 23.1. The lowest BCUT2D eigenvalue weighted by Gasteiger charge is -2.33. The van der Waals surface area contributed by atoms with Gasteiger partial charge in [-0.2, -0.15) is 0 Å². The van der Waals surface area contributed by atoms with Crippen LogP contribution in [0.1, 0.15) is 36.8 Å². The third-order valence-corrected chi connectivity index (χ3v) is 5.08. The SMILES string of the molecule is CCOc1ccc(CCC(=O)NC2CNCCC2c2ccc(F)c(F)c2)cc1.Cl. The first-order valence-electron chi connectivity index (χ1n) is 9.73. The van der Waals surface area contributed by atoms with Crippen molar-refractivity contribution in [1.29, 1.82) is 0 Å². The number of hydrogen-bond donors (Lipinski definition) is 2. The van der Waals surface area contributed by atoms with E-state index in [4.69, 9.17) is 4.74 Å². The minimum absolute atomic E-state index is 0. The fraction of sp³-hybridized carbons (Fsp3) is 0.409. The summed E-state index contributed by atoms with van der Waals surface area (Å²) in [4.78, 5) is 12.5. The lowest BCUT2D eigenvalue weighted by Crippen LogP contribution is -2.50. The average molecular weight is 425 g/mol. The first-order valence-corrected chi connectivity index (χ1v) is 9.73. The minimum atomic E-state index is -0.853. The van der Waals surface area contributed by atoms with Gasteiger partial charge < -0.3 is 15.4 Å². The van der Waals surface area contributed by atoms with Gasteiger partial charge in [0, 0.05) is 24.9 Å². The van der Waals surface area contributed by atoms with Crippen LogP contribution in [0.4, 0.5) is 8.78 Å². The van der Waals surface area contributed by atoms with E-state index in [1.54, 1.807) is 6.07 Å². The Labute approximate surface area is 176 Å². The second-order valence-electron chi connectivity index (χ2n) is 7.02. The number of aryl methyl sites for hydroxylation is 1. The van der Waals surface area contributed by atoms with E-state index in [1.807, 2.05) is 31.2 Å². The molecule has 0 bridgehead atoms. The van der Waals surface area contributed by atoms with Crippen molar-refractivity contribution >= 4 is 18.3 Å². The number of halogens is 3. The molecular weight excluding hydrogens is 398 g/mol. The molecule has 2 aromatic rings. The number of ether oxygens (including phenoxy) is 1. The highest BCUT2D eigenvalue weighted by Crippen LogP contribution is 2.27. The number of carbonyl (C=O) groups excluding carboxylic acids is 1. The fourth-order valence-electron chi connectivity index (χ4n) is 3.61. The Morgan fingerprint density at radius 1 is 1.17 bits per heavy atom. The quantitative estimate of drug-likeness (QED) is 0.706. The van der Waals surface area contributed by atoms with Crippen LogP contribution in [0.25, 0.3) is 0 Å². The minimum Gasteiger partial charge on any atom is -0.494 e. The molecule has 2 unspecified atom stereocenters. The topological polar surface area (TPSA) is 50.4 Å². The molecule has 4 nitrogen and oxygen atoms in total. The Balaban J connectivity index is 0.00000300. The molecule has 1 aliphatic heterocycles. The molecule has 0 aromatic heterocycles. The number of carbonyl (C=O) groups is 1. The highest BCUT2D eigenvalue weighted by molar-refractivity contribution is 5.85. The number of rotatable bonds is 7. The van der Waals surface area contributed by atoms with Gasteiger partial charge in [-0.3, -0.25) is 4.79 Å². The van der Waals surface area contributed by atoms with Gasteiger partial charge >= 0.3 is 0 Å². The summed E-state index contributed by atoms with van der Waals surface area (Å²) < 4.78 is 32.3. The fourth-order valence-corrected chi connectivity index (χ4v) is 3.61. The van der Waals surface area contributed by atoms with Gasteiger partial charge in [0.25, 0.3) is 0 Å². The smallest absolute Gasteiger partial charge is 0.220 e. The summed E-state index contributed by atoms with van der Waals surface area (Å²) in [5, 5.41) is 6.32. The van der Waals surface area contributed by atoms with Crippen LogP contribution in [0, 0.1) is 11.6 Å². The van der Waals surface area contributed by atoms with Crippen molar-refractivity contribution in [2.75, 3.05) is 19.7 Å². The molecule has 0 spiro atoms. The summed E-state index contributed by atoms with van der Waals surface area (Å²) in [6.45, 7) is 3.95. The number of amides is 1. The number of hydrogen-bond acceptors (Lipinski definition) is 3. The molecule has 3 rings (SSSR count). The van der Waals surface area contributed by atoms with Crippen LogP contribution in [0.3, 0.4) is 0 Å². The Morgan fingerprint density at radius 2 is 1.93 bits per heavy atom. The summed E-state index contributed by atoms with van der Waals surface area (Å²) >= 11 is 0. The van der Waals surface area contributed by atoms with Crippen LogP contribution in [0.5, 0.6) is 5.75 Å². The molecule has 1 fully saturated rings. The molecule has 158 valence electrons. The predicted molar refractivity (Wildman–Crippen MR) is 112 cm³/mol. The Morgan fingerprint density at radius 3 is 2.62 bits per heavy atom. The molecule has 0 aliphatic carbocycles. The largest absolute Gasteiger partial charge is 0.494 e. The summed E-state index contributed by atoms with van der Waals surface area (Å²) in [6, 6.07) is 11.6. The van der Waals surface area contributed by atoms with E-state index in [0.29, 0.717) is 26.0 Å². The van der Waals surface area contributed by atoms with Crippen molar-refractivity contribution in [3.63, 3.8) is 0 Å². The van der Waals surface area contributed by atoms with Gasteiger partial charge in [0.15, 0.2) is 11.6 Å². The van der Waals surface area contributed by atoms with Gasteiger partial charge in [0.1, 0.15) is 5.75 Å². The van der Waals surface area contributed by atoms with Crippen LogP contribution >= 0.6 is 12.4 Å². The molecule has 1 heterocycles. The molecule has 2 atom stereocenters. The van der Waals surface area contributed by atoms with Crippen molar-refractivity contribution in [3.05, 3.63) is 65.2 Å². The number of piperidine rings is 1. The zero-order chi connectivity index (χ0) is 19.9. The van der Waals surface area contributed by atoms with E-state index >= 15 is 0 Å². The van der Waals surface area contributed by atoms with E-state index in [0.717, 1.165) is 35.9 Å². The van der Waals surface area contributed by atoms with E-state index in [9.17, 15) is 13.6 Å². The maximum Gasteiger partial charge on any atom is 0.220 e. The van der Waals surface area contributed by atoms with Gasteiger partial charge in [-0.1, -0.05) is 18.2 Å². The number of benzene rings is 2. The van der Waals surface area contributed by atoms with Crippen molar-refractivity contribution in [1.82, 2.24) is 10.6 Å². The van der Waals surface area contributed by atoms with Crippen LogP contribution in [-0.4, -0.2) is 31.6 Å². The van der Waals surface area contributed by atoms with Gasteiger partial charge in [0.05, 0.1) is 6.61 Å². The highest BCUT2D eigenvalue weighted by Gasteiger charge is 2.28. The third-order valence-electron chi connectivity index (χ3n) is 5.08. The zero-order valence-corrected chi connectivity index (χ0v) is 17.2.